The van der Waals surface area contributed by atoms with Gasteiger partial charge in [-0.2, -0.15) is 0 Å². The normalized spacial score (nSPS) is 18.1. The smallest absolute Gasteiger partial charge is 0.405 e. The number of nitrogens with zero attached hydrogens (tertiary/aromatic N) is 1. The molecular formula is C17H21BrFN3O2. The van der Waals surface area contributed by atoms with E-state index >= 15 is 0 Å². The maximum Gasteiger partial charge on any atom is 0.405 e. The molecular weight excluding hydrogens is 377 g/mol. The zero-order chi connectivity index (χ0) is 17.1. The highest BCUT2D eigenvalue weighted by Crippen LogP contribution is 2.33. The second-order valence-electron chi connectivity index (χ2n) is 6.41. The largest absolute Gasteiger partial charge is 0.465 e. The van der Waals surface area contributed by atoms with Gasteiger partial charge < -0.3 is 15.4 Å². The Bertz CT molecular complexity index is 726. The van der Waals surface area contributed by atoms with Gasteiger partial charge in [-0.1, -0.05) is 32.1 Å². The number of nitrogens with one attached hydrogen (secondary N) is 2. The van der Waals surface area contributed by atoms with E-state index in [4.69, 9.17) is 0 Å². The van der Waals surface area contributed by atoms with Gasteiger partial charge in [-0.25, -0.2) is 14.2 Å². The Morgan fingerprint density at radius 2 is 1.96 bits per heavy atom. The first-order valence-corrected chi connectivity index (χ1v) is 9.18. The van der Waals surface area contributed by atoms with Crippen LogP contribution in [-0.2, 0) is 0 Å². The number of carbonyl (C=O) groups is 1. The molecule has 1 aromatic carbocycles. The molecule has 0 radical (unpaired) electrons. The fraction of sp³-hybridized carbons (Fsp3) is 0.529. The molecule has 5 nitrogen and oxygen atoms in total. The van der Waals surface area contributed by atoms with Crippen LogP contribution in [0.1, 0.15) is 56.8 Å². The lowest BCUT2D eigenvalue weighted by molar-refractivity contribution is 0.179. The van der Waals surface area contributed by atoms with Crippen LogP contribution in [-0.4, -0.2) is 21.2 Å². The second-order valence-corrected chi connectivity index (χ2v) is 7.27. The van der Waals surface area contributed by atoms with Gasteiger partial charge in [-0.05, 0) is 46.8 Å². The molecule has 1 aromatic heterocycles. The topological polar surface area (TPSA) is 78.0 Å². The Hall–Kier alpha value is -1.63. The zero-order valence-electron chi connectivity index (χ0n) is 13.3. The van der Waals surface area contributed by atoms with Gasteiger partial charge in [0.2, 0.25) is 0 Å². The lowest BCUT2D eigenvalue weighted by Gasteiger charge is -2.27. The number of amides is 1. The minimum atomic E-state index is -1.08. The van der Waals surface area contributed by atoms with E-state index < -0.39 is 18.0 Å². The number of fused-ring (bicyclic) bond motifs is 1. The van der Waals surface area contributed by atoms with Crippen molar-refractivity contribution in [2.24, 2.45) is 5.92 Å². The summed E-state index contributed by atoms with van der Waals surface area (Å²) in [4.78, 5) is 18.8. The molecule has 1 heterocycles. The molecule has 1 unspecified atom stereocenters. The minimum Gasteiger partial charge on any atom is -0.465 e. The Labute approximate surface area is 148 Å². The van der Waals surface area contributed by atoms with Crippen LogP contribution >= 0.6 is 15.9 Å². The van der Waals surface area contributed by atoms with Crippen LogP contribution in [0.5, 0.6) is 0 Å². The quantitative estimate of drug-likeness (QED) is 0.671. The van der Waals surface area contributed by atoms with Gasteiger partial charge in [0.05, 0.1) is 16.0 Å². The standard InChI is InChI=1S/C17H21BrFN3O2/c18-11-8-9-12-15(13(11)19)21-16(20-12)14(22-17(23)24)10-6-4-2-1-3-5-7-10/h8-10,14,22H,1-7H2,(H,20,21)(H,23,24). The van der Waals surface area contributed by atoms with Crippen molar-refractivity contribution < 1.29 is 14.3 Å². The molecule has 0 saturated heterocycles. The number of halogens is 2. The highest BCUT2D eigenvalue weighted by molar-refractivity contribution is 9.10. The minimum absolute atomic E-state index is 0.175. The van der Waals surface area contributed by atoms with Crippen molar-refractivity contribution in [2.45, 2.75) is 51.0 Å². The zero-order valence-corrected chi connectivity index (χ0v) is 14.9. The molecule has 0 bridgehead atoms. The van der Waals surface area contributed by atoms with Crippen LogP contribution in [0.25, 0.3) is 11.0 Å². The van der Waals surface area contributed by atoms with Crippen molar-refractivity contribution in [1.82, 2.24) is 15.3 Å². The first-order valence-electron chi connectivity index (χ1n) is 8.39. The third kappa shape index (κ3) is 3.71. The molecule has 3 N–H and O–H groups in total. The van der Waals surface area contributed by atoms with Crippen LogP contribution in [0, 0.1) is 11.7 Å². The Morgan fingerprint density at radius 3 is 2.62 bits per heavy atom. The Balaban J connectivity index is 1.95. The number of aromatic nitrogens is 2. The third-order valence-corrected chi connectivity index (χ3v) is 5.37. The third-order valence-electron chi connectivity index (χ3n) is 4.76. The van der Waals surface area contributed by atoms with Gasteiger partial charge >= 0.3 is 6.09 Å². The average molecular weight is 398 g/mol. The van der Waals surface area contributed by atoms with E-state index in [1.54, 1.807) is 12.1 Å². The van der Waals surface area contributed by atoms with Gasteiger partial charge in [0, 0.05) is 0 Å². The summed E-state index contributed by atoms with van der Waals surface area (Å²) in [5.74, 6) is 0.241. The summed E-state index contributed by atoms with van der Waals surface area (Å²) in [5, 5.41) is 11.8. The van der Waals surface area contributed by atoms with Gasteiger partial charge in [0.15, 0.2) is 5.82 Å². The number of imidazole rings is 1. The van der Waals surface area contributed by atoms with E-state index in [1.807, 2.05) is 0 Å². The molecule has 0 aliphatic heterocycles. The molecule has 2 aromatic rings. The number of H-pyrrole nitrogens is 1. The molecule has 1 aliphatic carbocycles. The second kappa shape index (κ2) is 7.51. The predicted octanol–water partition coefficient (Wildman–Crippen LogP) is 5.13. The van der Waals surface area contributed by atoms with Crippen molar-refractivity contribution in [3.63, 3.8) is 0 Å². The molecule has 3 rings (SSSR count). The van der Waals surface area contributed by atoms with E-state index in [2.05, 4.69) is 31.2 Å². The van der Waals surface area contributed by atoms with Crippen LogP contribution in [0.15, 0.2) is 16.6 Å². The molecule has 7 heteroatoms. The molecule has 1 amide bonds. The number of aromatic amines is 1. The summed E-state index contributed by atoms with van der Waals surface area (Å²) >= 11 is 3.16. The summed E-state index contributed by atoms with van der Waals surface area (Å²) < 4.78 is 14.6. The fourth-order valence-electron chi connectivity index (χ4n) is 3.55. The van der Waals surface area contributed by atoms with E-state index in [-0.39, 0.29) is 11.4 Å². The van der Waals surface area contributed by atoms with Gasteiger partial charge in [-0.15, -0.1) is 0 Å². The number of hydrogen-bond acceptors (Lipinski definition) is 2. The van der Waals surface area contributed by atoms with Crippen molar-refractivity contribution in [2.75, 3.05) is 0 Å². The highest BCUT2D eigenvalue weighted by Gasteiger charge is 2.28. The summed E-state index contributed by atoms with van der Waals surface area (Å²) in [7, 11) is 0. The fourth-order valence-corrected chi connectivity index (χ4v) is 3.87. The number of rotatable bonds is 3. The monoisotopic (exact) mass is 397 g/mol. The van der Waals surface area contributed by atoms with Crippen LogP contribution in [0.3, 0.4) is 0 Å². The van der Waals surface area contributed by atoms with Crippen molar-refractivity contribution in [3.8, 4) is 0 Å². The van der Waals surface area contributed by atoms with Crippen LogP contribution in [0.2, 0.25) is 0 Å². The van der Waals surface area contributed by atoms with Gasteiger partial charge in [-0.3, -0.25) is 0 Å². The molecule has 0 spiro atoms. The first kappa shape index (κ1) is 17.2. The van der Waals surface area contributed by atoms with Crippen LogP contribution < -0.4 is 5.32 Å². The number of benzene rings is 1. The lowest BCUT2D eigenvalue weighted by Crippen LogP contribution is -2.33. The van der Waals surface area contributed by atoms with E-state index in [1.165, 1.54) is 19.3 Å². The first-order chi connectivity index (χ1) is 11.6. The highest BCUT2D eigenvalue weighted by atomic mass is 79.9. The SMILES string of the molecule is O=C(O)NC(c1nc2c(F)c(Br)ccc2[nH]1)C1CCCCCCC1. The van der Waals surface area contributed by atoms with Crippen molar-refractivity contribution in [1.29, 1.82) is 0 Å². The molecule has 1 saturated carbocycles. The Morgan fingerprint density at radius 1 is 1.29 bits per heavy atom. The van der Waals surface area contributed by atoms with E-state index in [9.17, 15) is 14.3 Å². The molecule has 1 atom stereocenters. The molecule has 130 valence electrons. The average Bonchev–Trinajstić information content (AvgIpc) is 2.93. The van der Waals surface area contributed by atoms with Crippen molar-refractivity contribution in [3.05, 3.63) is 28.2 Å². The molecule has 1 aliphatic rings. The maximum absolute atomic E-state index is 14.2. The number of hydrogen-bond donors (Lipinski definition) is 3. The Kier molecular flexibility index (Phi) is 5.38. The summed E-state index contributed by atoms with van der Waals surface area (Å²) in [6.45, 7) is 0. The van der Waals surface area contributed by atoms with Gasteiger partial charge in [0.1, 0.15) is 11.3 Å². The molecule has 1 fully saturated rings. The summed E-state index contributed by atoms with van der Waals surface area (Å²) in [6, 6.07) is 2.93. The predicted molar refractivity (Wildman–Crippen MR) is 93.5 cm³/mol. The van der Waals surface area contributed by atoms with Gasteiger partial charge in [0.25, 0.3) is 0 Å². The number of carboxylic acid groups (broad SMARTS) is 1. The van der Waals surface area contributed by atoms with Crippen molar-refractivity contribution >= 4 is 33.1 Å². The molecule has 24 heavy (non-hydrogen) atoms. The van der Waals surface area contributed by atoms with E-state index in [0.717, 1.165) is 25.7 Å². The van der Waals surface area contributed by atoms with Crippen LogP contribution in [0.4, 0.5) is 9.18 Å². The summed E-state index contributed by atoms with van der Waals surface area (Å²) in [6.07, 6.45) is 6.60. The lowest BCUT2D eigenvalue weighted by atomic mass is 9.85. The summed E-state index contributed by atoms with van der Waals surface area (Å²) in [5.41, 5.74) is 0.816. The van der Waals surface area contributed by atoms with E-state index in [0.29, 0.717) is 15.8 Å². The maximum atomic E-state index is 14.2.